The van der Waals surface area contributed by atoms with Gasteiger partial charge in [-0.25, -0.2) is 0 Å². The lowest BCUT2D eigenvalue weighted by Crippen LogP contribution is -2.49. The summed E-state index contributed by atoms with van der Waals surface area (Å²) < 4.78 is 0. The summed E-state index contributed by atoms with van der Waals surface area (Å²) in [5.41, 5.74) is 0.879. The van der Waals surface area contributed by atoms with Crippen molar-refractivity contribution in [2.45, 2.75) is 25.8 Å². The normalized spacial score (nSPS) is 12.9. The van der Waals surface area contributed by atoms with Crippen LogP contribution in [0, 0.1) is 5.92 Å². The highest BCUT2D eigenvalue weighted by atomic mass is 32.2. The Morgan fingerprint density at radius 3 is 2.44 bits per heavy atom. The highest BCUT2D eigenvalue weighted by Gasteiger charge is 2.25. The van der Waals surface area contributed by atoms with Gasteiger partial charge in [0.15, 0.2) is 0 Å². The third-order valence-electron chi connectivity index (χ3n) is 3.80. The predicted octanol–water partition coefficient (Wildman–Crippen LogP) is 1.65. The first-order valence-corrected chi connectivity index (χ1v) is 9.54. The lowest BCUT2D eigenvalue weighted by atomic mass is 10.1. The van der Waals surface area contributed by atoms with Gasteiger partial charge >= 0.3 is 5.97 Å². The molecule has 1 aromatic carbocycles. The number of benzene rings is 1. The van der Waals surface area contributed by atoms with Gasteiger partial charge in [0.1, 0.15) is 6.04 Å². The third-order valence-corrected chi connectivity index (χ3v) is 4.44. The van der Waals surface area contributed by atoms with Crippen LogP contribution in [0.2, 0.25) is 0 Å². The standard InChI is InChI=1S/C18H26N2O4S/c1-13(18(23)24)12-20(2)17(22)15(9-10-25-3)19-16(21)11-14-7-5-4-6-8-14/h4-8,13,15H,9-12H2,1-3H3,(H,19,21)(H,23,24). The van der Waals surface area contributed by atoms with Crippen molar-refractivity contribution >= 4 is 29.5 Å². The highest BCUT2D eigenvalue weighted by Crippen LogP contribution is 2.08. The van der Waals surface area contributed by atoms with E-state index in [4.69, 9.17) is 5.11 Å². The van der Waals surface area contributed by atoms with Crippen molar-refractivity contribution in [3.63, 3.8) is 0 Å². The van der Waals surface area contributed by atoms with Gasteiger partial charge in [0, 0.05) is 13.6 Å². The van der Waals surface area contributed by atoms with E-state index in [1.54, 1.807) is 25.7 Å². The van der Waals surface area contributed by atoms with Crippen molar-refractivity contribution in [3.8, 4) is 0 Å². The Morgan fingerprint density at radius 1 is 1.24 bits per heavy atom. The van der Waals surface area contributed by atoms with Crippen LogP contribution in [0.4, 0.5) is 0 Å². The zero-order valence-electron chi connectivity index (χ0n) is 14.9. The number of nitrogens with one attached hydrogen (secondary N) is 1. The van der Waals surface area contributed by atoms with E-state index in [1.165, 1.54) is 4.90 Å². The number of carboxylic acid groups (broad SMARTS) is 1. The first-order valence-electron chi connectivity index (χ1n) is 8.15. The fourth-order valence-electron chi connectivity index (χ4n) is 2.36. The predicted molar refractivity (Wildman–Crippen MR) is 99.5 cm³/mol. The van der Waals surface area contributed by atoms with Crippen molar-refractivity contribution in [1.29, 1.82) is 0 Å². The Balaban J connectivity index is 2.69. The molecule has 1 aromatic rings. The van der Waals surface area contributed by atoms with Crippen molar-refractivity contribution in [2.75, 3.05) is 25.6 Å². The van der Waals surface area contributed by atoms with E-state index in [1.807, 2.05) is 36.6 Å². The zero-order valence-corrected chi connectivity index (χ0v) is 15.7. The van der Waals surface area contributed by atoms with Gasteiger partial charge in [-0.05, 0) is 24.0 Å². The molecule has 2 N–H and O–H groups in total. The molecule has 6 nitrogen and oxygen atoms in total. The van der Waals surface area contributed by atoms with E-state index in [2.05, 4.69) is 5.32 Å². The van der Waals surface area contributed by atoms with Crippen molar-refractivity contribution < 1.29 is 19.5 Å². The van der Waals surface area contributed by atoms with Crippen LogP contribution in [0.25, 0.3) is 0 Å². The number of carbonyl (C=O) groups excluding carboxylic acids is 2. The molecule has 0 saturated carbocycles. The van der Waals surface area contributed by atoms with E-state index < -0.39 is 17.9 Å². The fourth-order valence-corrected chi connectivity index (χ4v) is 2.84. The molecule has 2 unspecified atom stereocenters. The maximum Gasteiger partial charge on any atom is 0.308 e. The molecule has 25 heavy (non-hydrogen) atoms. The van der Waals surface area contributed by atoms with Crippen LogP contribution in [0.3, 0.4) is 0 Å². The van der Waals surface area contributed by atoms with E-state index in [9.17, 15) is 14.4 Å². The lowest BCUT2D eigenvalue weighted by Gasteiger charge is -2.25. The van der Waals surface area contributed by atoms with Crippen LogP contribution in [0.1, 0.15) is 18.9 Å². The molecule has 0 aliphatic heterocycles. The van der Waals surface area contributed by atoms with E-state index in [0.29, 0.717) is 6.42 Å². The molecular weight excluding hydrogens is 340 g/mol. The number of thioether (sulfide) groups is 1. The first kappa shape index (κ1) is 21.0. The van der Waals surface area contributed by atoms with Gasteiger partial charge in [0.25, 0.3) is 0 Å². The van der Waals surface area contributed by atoms with Gasteiger partial charge in [0.2, 0.25) is 11.8 Å². The highest BCUT2D eigenvalue weighted by molar-refractivity contribution is 7.98. The molecule has 1 rings (SSSR count). The average molecular weight is 366 g/mol. The number of aliphatic carboxylic acids is 1. The van der Waals surface area contributed by atoms with Crippen LogP contribution in [0.5, 0.6) is 0 Å². The monoisotopic (exact) mass is 366 g/mol. The molecule has 0 bridgehead atoms. The van der Waals surface area contributed by atoms with Crippen LogP contribution >= 0.6 is 11.8 Å². The minimum Gasteiger partial charge on any atom is -0.481 e. The van der Waals surface area contributed by atoms with Crippen LogP contribution in [-0.4, -0.2) is 59.4 Å². The summed E-state index contributed by atoms with van der Waals surface area (Å²) >= 11 is 1.59. The van der Waals surface area contributed by atoms with Crippen molar-refractivity contribution in [2.24, 2.45) is 5.92 Å². The van der Waals surface area contributed by atoms with Crippen LogP contribution in [-0.2, 0) is 20.8 Å². The van der Waals surface area contributed by atoms with E-state index >= 15 is 0 Å². The molecule has 0 aromatic heterocycles. The van der Waals surface area contributed by atoms with E-state index in [-0.39, 0.29) is 24.8 Å². The average Bonchev–Trinajstić information content (AvgIpc) is 2.58. The largest absolute Gasteiger partial charge is 0.481 e. The summed E-state index contributed by atoms with van der Waals surface area (Å²) in [7, 11) is 1.57. The van der Waals surface area contributed by atoms with Gasteiger partial charge in [-0.15, -0.1) is 0 Å². The summed E-state index contributed by atoms with van der Waals surface area (Å²) in [5, 5.41) is 11.8. The summed E-state index contributed by atoms with van der Waals surface area (Å²) in [6, 6.07) is 8.68. The number of amides is 2. The van der Waals surface area contributed by atoms with Gasteiger partial charge < -0.3 is 15.3 Å². The maximum absolute atomic E-state index is 12.6. The maximum atomic E-state index is 12.6. The molecule has 0 aliphatic rings. The summed E-state index contributed by atoms with van der Waals surface area (Å²) in [4.78, 5) is 37.2. The number of hydrogen-bond donors (Lipinski definition) is 2. The molecule has 138 valence electrons. The molecular formula is C18H26N2O4S. The number of carboxylic acids is 1. The summed E-state index contributed by atoms with van der Waals surface area (Å²) in [6.07, 6.45) is 2.65. The molecule has 0 radical (unpaired) electrons. The molecule has 0 heterocycles. The SMILES string of the molecule is CSCCC(NC(=O)Cc1ccccc1)C(=O)N(C)CC(C)C(=O)O. The molecule has 0 aliphatic carbocycles. The Bertz CT molecular complexity index is 580. The topological polar surface area (TPSA) is 86.7 Å². The number of nitrogens with zero attached hydrogens (tertiary/aromatic N) is 1. The quantitative estimate of drug-likeness (QED) is 0.657. The van der Waals surface area contributed by atoms with Gasteiger partial charge in [-0.1, -0.05) is 37.3 Å². The van der Waals surface area contributed by atoms with Crippen LogP contribution in [0.15, 0.2) is 30.3 Å². The van der Waals surface area contributed by atoms with Gasteiger partial charge in [-0.2, -0.15) is 11.8 Å². The molecule has 2 atom stereocenters. The van der Waals surface area contributed by atoms with Crippen molar-refractivity contribution in [1.82, 2.24) is 10.2 Å². The number of rotatable bonds is 10. The Morgan fingerprint density at radius 2 is 1.88 bits per heavy atom. The smallest absolute Gasteiger partial charge is 0.308 e. The van der Waals surface area contributed by atoms with E-state index in [0.717, 1.165) is 11.3 Å². The second-order valence-corrected chi connectivity index (χ2v) is 7.01. The first-order chi connectivity index (χ1) is 11.8. The molecule has 0 spiro atoms. The molecule has 0 fully saturated rings. The number of carbonyl (C=O) groups is 3. The molecule has 7 heteroatoms. The van der Waals surface area contributed by atoms with Gasteiger partial charge in [-0.3, -0.25) is 14.4 Å². The van der Waals surface area contributed by atoms with Gasteiger partial charge in [0.05, 0.1) is 12.3 Å². The Labute approximate surface area is 153 Å². The van der Waals surface area contributed by atoms with Crippen LogP contribution < -0.4 is 5.32 Å². The Kier molecular flexibility index (Phi) is 9.05. The molecule has 2 amide bonds. The minimum atomic E-state index is -0.951. The third kappa shape index (κ3) is 7.60. The lowest BCUT2D eigenvalue weighted by molar-refractivity contribution is -0.143. The second kappa shape index (κ2) is 10.8. The summed E-state index contributed by atoms with van der Waals surface area (Å²) in [6.45, 7) is 1.66. The summed E-state index contributed by atoms with van der Waals surface area (Å²) in [5.74, 6) is -1.36. The molecule has 0 saturated heterocycles. The second-order valence-electron chi connectivity index (χ2n) is 6.02. The minimum absolute atomic E-state index is 0.110. The Hall–Kier alpha value is -2.02. The zero-order chi connectivity index (χ0) is 18.8. The van der Waals surface area contributed by atoms with Crippen molar-refractivity contribution in [3.05, 3.63) is 35.9 Å². The number of likely N-dealkylation sites (N-methyl/N-ethyl adjacent to an activating group) is 1. The fraction of sp³-hybridized carbons (Fsp3) is 0.500. The number of hydrogen-bond acceptors (Lipinski definition) is 4.